The number of aromatic nitrogens is 2. The smallest absolute Gasteiger partial charge is 0.315 e. The van der Waals surface area contributed by atoms with Crippen LogP contribution >= 0.6 is 0 Å². The van der Waals surface area contributed by atoms with Gasteiger partial charge in [0.15, 0.2) is 0 Å². The van der Waals surface area contributed by atoms with E-state index in [2.05, 4.69) is 21.0 Å². The van der Waals surface area contributed by atoms with Crippen LogP contribution in [0.25, 0.3) is 0 Å². The van der Waals surface area contributed by atoms with Crippen molar-refractivity contribution in [1.29, 1.82) is 0 Å². The molecule has 2 aromatic rings. The normalized spacial score (nSPS) is 10.5. The molecule has 0 radical (unpaired) electrons. The van der Waals surface area contributed by atoms with Crippen LogP contribution in [0.3, 0.4) is 0 Å². The highest BCUT2D eigenvalue weighted by atomic mass is 16.2. The Hall–Kier alpha value is -2.83. The molecule has 7 nitrogen and oxygen atoms in total. The Morgan fingerprint density at radius 1 is 1.21 bits per heavy atom. The largest absolute Gasteiger partial charge is 0.336 e. The van der Waals surface area contributed by atoms with Gasteiger partial charge < -0.3 is 16.0 Å². The van der Waals surface area contributed by atoms with Gasteiger partial charge in [-0.05, 0) is 38.5 Å². The van der Waals surface area contributed by atoms with Gasteiger partial charge in [0.25, 0.3) is 5.91 Å². The molecule has 0 atom stereocenters. The third kappa shape index (κ3) is 4.84. The van der Waals surface area contributed by atoms with E-state index in [-0.39, 0.29) is 18.0 Å². The highest BCUT2D eigenvalue weighted by Crippen LogP contribution is 2.11. The van der Waals surface area contributed by atoms with Gasteiger partial charge in [-0.2, -0.15) is 5.10 Å². The molecule has 0 saturated carbocycles. The second kappa shape index (κ2) is 7.63. The Kier molecular flexibility index (Phi) is 5.57. The average Bonchev–Trinajstić information content (AvgIpc) is 2.82. The van der Waals surface area contributed by atoms with E-state index in [1.54, 1.807) is 23.9 Å². The topological polar surface area (TPSA) is 88.0 Å². The lowest BCUT2D eigenvalue weighted by molar-refractivity contribution is 0.102. The van der Waals surface area contributed by atoms with Gasteiger partial charge in [0, 0.05) is 31.3 Å². The van der Waals surface area contributed by atoms with Crippen LogP contribution in [-0.2, 0) is 13.6 Å². The van der Waals surface area contributed by atoms with Crippen molar-refractivity contribution >= 4 is 17.8 Å². The zero-order chi connectivity index (χ0) is 17.7. The number of benzene rings is 1. The molecule has 0 saturated heterocycles. The second-order valence-electron chi connectivity index (χ2n) is 5.93. The van der Waals surface area contributed by atoms with Crippen molar-refractivity contribution in [3.8, 4) is 0 Å². The number of anilines is 1. The van der Waals surface area contributed by atoms with Gasteiger partial charge in [0.2, 0.25) is 0 Å². The number of rotatable bonds is 5. The van der Waals surface area contributed by atoms with Crippen LogP contribution in [-0.4, -0.2) is 27.8 Å². The number of carbonyl (C=O) groups excluding carboxylic acids is 2. The zero-order valence-corrected chi connectivity index (χ0v) is 14.4. The van der Waals surface area contributed by atoms with E-state index in [0.29, 0.717) is 17.9 Å². The standard InChI is InChI=1S/C17H23N5O2/c1-11(2)19-17(24)18-10-13-5-7-14(8-6-13)16(23)20-15-9-12(3)21-22(15)4/h5-9,11H,10H2,1-4H3,(H,20,23)(H2,18,19,24). The molecular formula is C17H23N5O2. The summed E-state index contributed by atoms with van der Waals surface area (Å²) in [6.45, 7) is 6.07. The van der Waals surface area contributed by atoms with Crippen molar-refractivity contribution in [1.82, 2.24) is 20.4 Å². The lowest BCUT2D eigenvalue weighted by atomic mass is 10.1. The van der Waals surface area contributed by atoms with Crippen LogP contribution in [0.5, 0.6) is 0 Å². The van der Waals surface area contributed by atoms with E-state index in [9.17, 15) is 9.59 Å². The van der Waals surface area contributed by atoms with Gasteiger partial charge in [-0.25, -0.2) is 4.79 Å². The highest BCUT2D eigenvalue weighted by Gasteiger charge is 2.09. The molecule has 128 valence electrons. The van der Waals surface area contributed by atoms with Crippen LogP contribution in [0, 0.1) is 6.92 Å². The minimum absolute atomic E-state index is 0.0895. The summed E-state index contributed by atoms with van der Waals surface area (Å²) in [5.74, 6) is 0.448. The number of hydrogen-bond donors (Lipinski definition) is 3. The van der Waals surface area contributed by atoms with Gasteiger partial charge in [-0.3, -0.25) is 9.48 Å². The van der Waals surface area contributed by atoms with Crippen molar-refractivity contribution in [2.75, 3.05) is 5.32 Å². The molecule has 0 aliphatic heterocycles. The van der Waals surface area contributed by atoms with Crippen molar-refractivity contribution < 1.29 is 9.59 Å². The van der Waals surface area contributed by atoms with Gasteiger partial charge in [0.1, 0.15) is 5.82 Å². The summed E-state index contributed by atoms with van der Waals surface area (Å²) in [6.07, 6.45) is 0. The number of hydrogen-bond acceptors (Lipinski definition) is 3. The lowest BCUT2D eigenvalue weighted by Gasteiger charge is -2.10. The molecule has 7 heteroatoms. The maximum Gasteiger partial charge on any atom is 0.315 e. The molecule has 2 rings (SSSR count). The molecule has 0 aliphatic rings. The van der Waals surface area contributed by atoms with E-state index in [1.807, 2.05) is 39.0 Å². The SMILES string of the molecule is Cc1cc(NC(=O)c2ccc(CNC(=O)NC(C)C)cc2)n(C)n1. The van der Waals surface area contributed by atoms with Crippen molar-refractivity contribution in [3.63, 3.8) is 0 Å². The monoisotopic (exact) mass is 329 g/mol. The second-order valence-corrected chi connectivity index (χ2v) is 5.93. The van der Waals surface area contributed by atoms with Crippen LogP contribution in [0.15, 0.2) is 30.3 Å². The molecule has 1 aromatic heterocycles. The molecule has 24 heavy (non-hydrogen) atoms. The molecule has 1 heterocycles. The first-order valence-electron chi connectivity index (χ1n) is 7.80. The Morgan fingerprint density at radius 3 is 2.42 bits per heavy atom. The maximum absolute atomic E-state index is 12.2. The van der Waals surface area contributed by atoms with Gasteiger partial charge in [0.05, 0.1) is 5.69 Å². The molecule has 0 spiro atoms. The molecule has 0 fully saturated rings. The Labute approximate surface area is 141 Å². The van der Waals surface area contributed by atoms with Crippen molar-refractivity contribution in [2.24, 2.45) is 7.05 Å². The molecule has 0 unspecified atom stereocenters. The van der Waals surface area contributed by atoms with E-state index in [0.717, 1.165) is 11.3 Å². The first-order chi connectivity index (χ1) is 11.3. The van der Waals surface area contributed by atoms with Crippen molar-refractivity contribution in [2.45, 2.75) is 33.4 Å². The number of nitrogens with one attached hydrogen (secondary N) is 3. The first-order valence-corrected chi connectivity index (χ1v) is 7.80. The van der Waals surface area contributed by atoms with Crippen LogP contribution in [0.2, 0.25) is 0 Å². The summed E-state index contributed by atoms with van der Waals surface area (Å²) < 4.78 is 1.62. The number of aryl methyl sites for hydroxylation is 2. The number of amides is 3. The third-order valence-electron chi connectivity index (χ3n) is 3.33. The third-order valence-corrected chi connectivity index (χ3v) is 3.33. The zero-order valence-electron chi connectivity index (χ0n) is 14.4. The van der Waals surface area contributed by atoms with Crippen molar-refractivity contribution in [3.05, 3.63) is 47.2 Å². The fourth-order valence-corrected chi connectivity index (χ4v) is 2.19. The summed E-state index contributed by atoms with van der Waals surface area (Å²) in [7, 11) is 1.78. The Balaban J connectivity index is 1.92. The molecule has 1 aromatic carbocycles. The predicted molar refractivity (Wildman–Crippen MR) is 92.8 cm³/mol. The Morgan fingerprint density at radius 2 is 1.88 bits per heavy atom. The summed E-state index contributed by atoms with van der Waals surface area (Å²) in [4.78, 5) is 23.8. The molecule has 3 N–H and O–H groups in total. The highest BCUT2D eigenvalue weighted by molar-refractivity contribution is 6.03. The number of carbonyl (C=O) groups is 2. The summed E-state index contributed by atoms with van der Waals surface area (Å²) in [5.41, 5.74) is 2.31. The van der Waals surface area contributed by atoms with Crippen LogP contribution in [0.1, 0.15) is 35.5 Å². The lowest BCUT2D eigenvalue weighted by Crippen LogP contribution is -2.39. The van der Waals surface area contributed by atoms with Gasteiger partial charge in [-0.1, -0.05) is 12.1 Å². The van der Waals surface area contributed by atoms with E-state index >= 15 is 0 Å². The Bertz CT molecular complexity index is 719. The average molecular weight is 329 g/mol. The minimum Gasteiger partial charge on any atom is -0.336 e. The fraction of sp³-hybridized carbons (Fsp3) is 0.353. The summed E-state index contributed by atoms with van der Waals surface area (Å²) >= 11 is 0. The molecular weight excluding hydrogens is 306 g/mol. The van der Waals surface area contributed by atoms with Gasteiger partial charge >= 0.3 is 6.03 Å². The fourth-order valence-electron chi connectivity index (χ4n) is 2.19. The van der Waals surface area contributed by atoms with E-state index in [4.69, 9.17) is 0 Å². The number of nitrogens with zero attached hydrogens (tertiary/aromatic N) is 2. The van der Waals surface area contributed by atoms with E-state index in [1.165, 1.54) is 0 Å². The molecule has 0 aliphatic carbocycles. The van der Waals surface area contributed by atoms with E-state index < -0.39 is 0 Å². The quantitative estimate of drug-likeness (QED) is 0.785. The molecule has 0 bridgehead atoms. The summed E-state index contributed by atoms with van der Waals surface area (Å²) in [6, 6.07) is 8.79. The minimum atomic E-state index is -0.210. The summed E-state index contributed by atoms with van der Waals surface area (Å²) in [5, 5.41) is 12.5. The van der Waals surface area contributed by atoms with Crippen LogP contribution < -0.4 is 16.0 Å². The van der Waals surface area contributed by atoms with Gasteiger partial charge in [-0.15, -0.1) is 0 Å². The molecule has 3 amide bonds. The maximum atomic E-state index is 12.2. The number of urea groups is 1. The predicted octanol–water partition coefficient (Wildman–Crippen LogP) is 2.19. The van der Waals surface area contributed by atoms with Crippen LogP contribution in [0.4, 0.5) is 10.6 Å². The first kappa shape index (κ1) is 17.5.